The van der Waals surface area contributed by atoms with Gasteiger partial charge in [0.1, 0.15) is 0 Å². The monoisotopic (exact) mass is 136 g/mol. The first-order valence-corrected chi connectivity index (χ1v) is 3.42. The van der Waals surface area contributed by atoms with Crippen LogP contribution in [-0.4, -0.2) is 12.3 Å². The zero-order valence-corrected chi connectivity index (χ0v) is 6.12. The summed E-state index contributed by atoms with van der Waals surface area (Å²) in [5.74, 6) is 0.496. The molecule has 1 aliphatic heterocycles. The van der Waals surface area contributed by atoms with Gasteiger partial charge in [0, 0.05) is 12.1 Å². The minimum atomic E-state index is 0.359. The Kier molecular flexibility index (Phi) is 2.26. The molecular weight excluding hydrogens is 124 g/mol. The summed E-state index contributed by atoms with van der Waals surface area (Å²) in [6, 6.07) is 0.359. The Morgan fingerprint density at radius 2 is 2.50 bits per heavy atom. The fourth-order valence-electron chi connectivity index (χ4n) is 0.874. The van der Waals surface area contributed by atoms with Gasteiger partial charge in [-0.2, -0.15) is 5.10 Å². The molecule has 2 unspecified atom stereocenters. The van der Waals surface area contributed by atoms with Crippen LogP contribution in [-0.2, 0) is 0 Å². The van der Waals surface area contributed by atoms with Gasteiger partial charge in [-0.3, -0.25) is 0 Å². The molecule has 0 aromatic carbocycles. The van der Waals surface area contributed by atoms with E-state index in [1.54, 1.807) is 6.08 Å². The summed E-state index contributed by atoms with van der Waals surface area (Å²) in [7, 11) is 0. The zero-order chi connectivity index (χ0) is 7.40. The molecule has 54 valence electrons. The van der Waals surface area contributed by atoms with E-state index < -0.39 is 0 Å². The normalized spacial score (nSPS) is 30.9. The predicted molar refractivity (Wildman–Crippen MR) is 43.9 cm³/mol. The van der Waals surface area contributed by atoms with Crippen LogP contribution >= 0.6 is 0 Å². The summed E-state index contributed by atoms with van der Waals surface area (Å²) in [5.41, 5.74) is 2.98. The average Bonchev–Trinajstić information content (AvgIpc) is 2.31. The molecule has 0 saturated carbocycles. The number of allylic oxidation sites excluding steroid dienone is 2. The van der Waals surface area contributed by atoms with Crippen molar-refractivity contribution in [1.29, 1.82) is 0 Å². The van der Waals surface area contributed by atoms with Gasteiger partial charge >= 0.3 is 0 Å². The van der Waals surface area contributed by atoms with Gasteiger partial charge in [-0.25, -0.2) is 0 Å². The Morgan fingerprint density at radius 3 is 3.00 bits per heavy atom. The minimum absolute atomic E-state index is 0.359. The van der Waals surface area contributed by atoms with Crippen molar-refractivity contribution in [2.24, 2.45) is 11.0 Å². The maximum absolute atomic E-state index is 3.94. The summed E-state index contributed by atoms with van der Waals surface area (Å²) >= 11 is 0. The van der Waals surface area contributed by atoms with Crippen LogP contribution in [0.1, 0.15) is 6.92 Å². The largest absolute Gasteiger partial charge is 0.303 e. The van der Waals surface area contributed by atoms with Crippen molar-refractivity contribution in [3.8, 4) is 0 Å². The Hall–Kier alpha value is -1.05. The third kappa shape index (κ3) is 1.47. The maximum Gasteiger partial charge on any atom is 0.0698 e. The maximum atomic E-state index is 3.94. The average molecular weight is 136 g/mol. The van der Waals surface area contributed by atoms with Crippen molar-refractivity contribution in [2.45, 2.75) is 13.0 Å². The Morgan fingerprint density at radius 1 is 1.70 bits per heavy atom. The fraction of sp³-hybridized carbons (Fsp3) is 0.375. The topological polar surface area (TPSA) is 24.4 Å². The van der Waals surface area contributed by atoms with E-state index in [0.717, 1.165) is 0 Å². The number of hydrazone groups is 1. The molecule has 0 spiro atoms. The number of rotatable bonds is 2. The molecule has 0 aliphatic carbocycles. The van der Waals surface area contributed by atoms with E-state index in [-0.39, 0.29) is 0 Å². The Bertz CT molecular complexity index is 170. The van der Waals surface area contributed by atoms with Crippen molar-refractivity contribution in [2.75, 3.05) is 0 Å². The summed E-state index contributed by atoms with van der Waals surface area (Å²) in [4.78, 5) is 0. The molecule has 0 bridgehead atoms. The molecule has 0 fully saturated rings. The smallest absolute Gasteiger partial charge is 0.0698 e. The Labute approximate surface area is 61.3 Å². The second-order valence-corrected chi connectivity index (χ2v) is 2.41. The molecule has 1 heterocycles. The first-order chi connectivity index (χ1) is 4.84. The van der Waals surface area contributed by atoms with Crippen LogP contribution in [0.5, 0.6) is 0 Å². The minimum Gasteiger partial charge on any atom is -0.303 e. The lowest BCUT2D eigenvalue weighted by atomic mass is 10.1. The molecule has 1 aliphatic rings. The van der Waals surface area contributed by atoms with E-state index >= 15 is 0 Å². The lowest BCUT2D eigenvalue weighted by molar-refractivity contribution is 0.594. The summed E-state index contributed by atoms with van der Waals surface area (Å²) < 4.78 is 0. The second-order valence-electron chi connectivity index (χ2n) is 2.41. The van der Waals surface area contributed by atoms with E-state index in [0.29, 0.717) is 12.0 Å². The van der Waals surface area contributed by atoms with Crippen LogP contribution < -0.4 is 5.43 Å². The van der Waals surface area contributed by atoms with E-state index in [1.807, 2.05) is 12.3 Å². The van der Waals surface area contributed by atoms with Gasteiger partial charge in [-0.15, -0.1) is 0 Å². The predicted octanol–water partition coefficient (Wildman–Crippen LogP) is 1.32. The summed E-state index contributed by atoms with van der Waals surface area (Å²) in [5, 5.41) is 3.94. The lowest BCUT2D eigenvalue weighted by Gasteiger charge is -2.07. The van der Waals surface area contributed by atoms with Crippen LogP contribution in [0, 0.1) is 5.92 Å². The molecule has 0 aromatic rings. The molecule has 0 saturated heterocycles. The van der Waals surface area contributed by atoms with Crippen LogP contribution in [0.15, 0.2) is 29.9 Å². The van der Waals surface area contributed by atoms with E-state index in [1.165, 1.54) is 0 Å². The second kappa shape index (κ2) is 3.20. The zero-order valence-electron chi connectivity index (χ0n) is 6.12. The van der Waals surface area contributed by atoms with Crippen LogP contribution in [0.25, 0.3) is 0 Å². The van der Waals surface area contributed by atoms with Crippen molar-refractivity contribution in [3.63, 3.8) is 0 Å². The van der Waals surface area contributed by atoms with Gasteiger partial charge in [0.05, 0.1) is 6.04 Å². The lowest BCUT2D eigenvalue weighted by Crippen LogP contribution is -2.22. The first kappa shape index (κ1) is 7.06. The molecule has 10 heavy (non-hydrogen) atoms. The van der Waals surface area contributed by atoms with Crippen molar-refractivity contribution in [3.05, 3.63) is 24.8 Å². The van der Waals surface area contributed by atoms with E-state index in [2.05, 4.69) is 30.1 Å². The molecule has 1 N–H and O–H groups in total. The highest BCUT2D eigenvalue weighted by Crippen LogP contribution is 2.06. The Balaban J connectivity index is 2.43. The summed E-state index contributed by atoms with van der Waals surface area (Å²) in [6.45, 7) is 5.72. The van der Waals surface area contributed by atoms with Crippen LogP contribution in [0.4, 0.5) is 0 Å². The highest BCUT2D eigenvalue weighted by atomic mass is 15.3. The van der Waals surface area contributed by atoms with Crippen molar-refractivity contribution in [1.82, 2.24) is 5.43 Å². The van der Waals surface area contributed by atoms with Crippen LogP contribution in [0.2, 0.25) is 0 Å². The molecule has 0 aromatic heterocycles. The third-order valence-electron chi connectivity index (χ3n) is 1.55. The quantitative estimate of drug-likeness (QED) is 0.569. The van der Waals surface area contributed by atoms with Crippen LogP contribution in [0.3, 0.4) is 0 Å². The number of nitrogens with zero attached hydrogens (tertiary/aromatic N) is 1. The molecular formula is C8H12N2. The first-order valence-electron chi connectivity index (χ1n) is 3.42. The van der Waals surface area contributed by atoms with Gasteiger partial charge in [-0.1, -0.05) is 31.7 Å². The van der Waals surface area contributed by atoms with Gasteiger partial charge in [0.2, 0.25) is 0 Å². The molecule has 1 rings (SSSR count). The third-order valence-corrected chi connectivity index (χ3v) is 1.55. The summed E-state index contributed by atoms with van der Waals surface area (Å²) in [6.07, 6.45) is 7.68. The van der Waals surface area contributed by atoms with Gasteiger partial charge in [0.15, 0.2) is 0 Å². The molecule has 2 heteroatoms. The highest BCUT2D eigenvalue weighted by Gasteiger charge is 2.14. The number of hydrogen-bond donors (Lipinski definition) is 1. The SMILES string of the molecule is C=C/C=C\C1NN=CC1C. The molecule has 0 amide bonds. The van der Waals surface area contributed by atoms with Crippen molar-refractivity contribution < 1.29 is 0 Å². The van der Waals surface area contributed by atoms with Gasteiger partial charge in [0.25, 0.3) is 0 Å². The molecule has 2 atom stereocenters. The number of hydrogen-bond acceptors (Lipinski definition) is 2. The molecule has 0 radical (unpaired) electrons. The number of nitrogens with one attached hydrogen (secondary N) is 1. The van der Waals surface area contributed by atoms with E-state index in [9.17, 15) is 0 Å². The fourth-order valence-corrected chi connectivity index (χ4v) is 0.874. The highest BCUT2D eigenvalue weighted by molar-refractivity contribution is 5.63. The standard InChI is InChI=1S/C8H12N2/c1-3-4-5-8-7(2)6-9-10-8/h3-8,10H,1H2,2H3/b5-4-. The van der Waals surface area contributed by atoms with Crippen molar-refractivity contribution >= 4 is 6.21 Å². The van der Waals surface area contributed by atoms with Gasteiger partial charge < -0.3 is 5.43 Å². The van der Waals surface area contributed by atoms with Gasteiger partial charge in [-0.05, 0) is 0 Å². The van der Waals surface area contributed by atoms with E-state index in [4.69, 9.17) is 0 Å². The molecule has 2 nitrogen and oxygen atoms in total.